The van der Waals surface area contributed by atoms with E-state index in [1.165, 1.54) is 0 Å². The molecular weight excluding hydrogens is 228 g/mol. The van der Waals surface area contributed by atoms with E-state index in [9.17, 15) is 0 Å². The Kier molecular flexibility index (Phi) is 4.00. The van der Waals surface area contributed by atoms with Crippen molar-refractivity contribution in [2.24, 2.45) is 0 Å². The maximum atomic E-state index is 8.78. The molecule has 1 aromatic heterocycles. The minimum atomic E-state index is 0.353. The lowest BCUT2D eigenvalue weighted by Gasteiger charge is -2.33. The Morgan fingerprint density at radius 1 is 1.56 bits per heavy atom. The summed E-state index contributed by atoms with van der Waals surface area (Å²) in [6.07, 6.45) is 3.91. The van der Waals surface area contributed by atoms with Crippen LogP contribution in [0, 0.1) is 11.3 Å². The van der Waals surface area contributed by atoms with Crippen molar-refractivity contribution in [1.82, 2.24) is 4.98 Å². The van der Waals surface area contributed by atoms with Crippen LogP contribution in [0.15, 0.2) is 12.3 Å². The standard InChI is InChI=1S/C13H18N4O/c1-2-18-11-3-5-17(6-4-11)13-12(15)7-10(8-14)9-16-13/h7,9,11H,2-6,15H2,1H3. The number of piperidine rings is 1. The molecule has 0 amide bonds. The number of hydrogen-bond acceptors (Lipinski definition) is 5. The number of ether oxygens (including phenoxy) is 1. The van der Waals surface area contributed by atoms with Crippen molar-refractivity contribution >= 4 is 11.5 Å². The van der Waals surface area contributed by atoms with E-state index in [4.69, 9.17) is 15.7 Å². The van der Waals surface area contributed by atoms with E-state index in [1.54, 1.807) is 12.3 Å². The SMILES string of the molecule is CCOC1CCN(c2ncc(C#N)cc2N)CC1. The molecule has 18 heavy (non-hydrogen) atoms. The highest BCUT2D eigenvalue weighted by molar-refractivity contribution is 5.64. The quantitative estimate of drug-likeness (QED) is 0.875. The van der Waals surface area contributed by atoms with Gasteiger partial charge < -0.3 is 15.4 Å². The lowest BCUT2D eigenvalue weighted by atomic mass is 10.1. The molecule has 1 saturated heterocycles. The van der Waals surface area contributed by atoms with Gasteiger partial charge in [0.05, 0.1) is 17.4 Å². The summed E-state index contributed by atoms with van der Waals surface area (Å²) in [6.45, 7) is 4.58. The van der Waals surface area contributed by atoms with Crippen LogP contribution in [-0.2, 0) is 4.74 Å². The summed E-state index contributed by atoms with van der Waals surface area (Å²) in [5, 5.41) is 8.78. The van der Waals surface area contributed by atoms with Crippen molar-refractivity contribution in [3.05, 3.63) is 17.8 Å². The second-order valence-corrected chi connectivity index (χ2v) is 4.39. The molecule has 0 unspecified atom stereocenters. The largest absolute Gasteiger partial charge is 0.396 e. The molecule has 0 saturated carbocycles. The summed E-state index contributed by atoms with van der Waals surface area (Å²) < 4.78 is 5.61. The predicted octanol–water partition coefficient (Wildman–Crippen LogP) is 1.54. The molecular formula is C13H18N4O. The molecule has 96 valence electrons. The van der Waals surface area contributed by atoms with E-state index in [1.807, 2.05) is 13.0 Å². The summed E-state index contributed by atoms with van der Waals surface area (Å²) in [5.74, 6) is 0.781. The lowest BCUT2D eigenvalue weighted by molar-refractivity contribution is 0.0458. The maximum Gasteiger partial charge on any atom is 0.151 e. The highest BCUT2D eigenvalue weighted by Crippen LogP contribution is 2.25. The van der Waals surface area contributed by atoms with Gasteiger partial charge >= 0.3 is 0 Å². The Morgan fingerprint density at radius 3 is 2.83 bits per heavy atom. The van der Waals surface area contributed by atoms with Crippen LogP contribution in [0.4, 0.5) is 11.5 Å². The molecule has 2 rings (SSSR count). The van der Waals surface area contributed by atoms with Gasteiger partial charge in [-0.2, -0.15) is 5.26 Å². The number of aromatic nitrogens is 1. The number of nitrogens with two attached hydrogens (primary N) is 1. The smallest absolute Gasteiger partial charge is 0.151 e. The van der Waals surface area contributed by atoms with Crippen LogP contribution in [0.2, 0.25) is 0 Å². The van der Waals surface area contributed by atoms with Gasteiger partial charge in [0.25, 0.3) is 0 Å². The molecule has 0 atom stereocenters. The van der Waals surface area contributed by atoms with Crippen molar-refractivity contribution in [1.29, 1.82) is 5.26 Å². The van der Waals surface area contributed by atoms with Crippen LogP contribution >= 0.6 is 0 Å². The molecule has 1 aliphatic heterocycles. The molecule has 1 aliphatic rings. The molecule has 2 heterocycles. The van der Waals surface area contributed by atoms with Crippen molar-refractivity contribution < 1.29 is 4.74 Å². The molecule has 0 radical (unpaired) electrons. The molecule has 5 nitrogen and oxygen atoms in total. The van der Waals surface area contributed by atoms with Crippen LogP contribution in [-0.4, -0.2) is 30.8 Å². The maximum absolute atomic E-state index is 8.78. The first-order valence-electron chi connectivity index (χ1n) is 6.26. The third-order valence-corrected chi connectivity index (χ3v) is 3.17. The van der Waals surface area contributed by atoms with Gasteiger partial charge in [0.1, 0.15) is 6.07 Å². The summed E-state index contributed by atoms with van der Waals surface area (Å²) in [5.41, 5.74) is 7.01. The second kappa shape index (κ2) is 5.69. The van der Waals surface area contributed by atoms with Gasteiger partial charge in [-0.25, -0.2) is 4.98 Å². The average molecular weight is 246 g/mol. The van der Waals surface area contributed by atoms with E-state index in [-0.39, 0.29) is 0 Å². The molecule has 2 N–H and O–H groups in total. The Morgan fingerprint density at radius 2 is 2.28 bits per heavy atom. The molecule has 0 aliphatic carbocycles. The predicted molar refractivity (Wildman–Crippen MR) is 70.2 cm³/mol. The van der Waals surface area contributed by atoms with E-state index in [0.717, 1.165) is 38.4 Å². The zero-order valence-corrected chi connectivity index (χ0v) is 10.6. The Balaban J connectivity index is 2.04. The van der Waals surface area contributed by atoms with E-state index in [0.29, 0.717) is 17.4 Å². The fourth-order valence-electron chi connectivity index (χ4n) is 2.27. The van der Waals surface area contributed by atoms with E-state index in [2.05, 4.69) is 9.88 Å². The Bertz CT molecular complexity index is 447. The van der Waals surface area contributed by atoms with E-state index >= 15 is 0 Å². The fourth-order valence-corrected chi connectivity index (χ4v) is 2.27. The zero-order chi connectivity index (χ0) is 13.0. The number of nitriles is 1. The summed E-state index contributed by atoms with van der Waals surface area (Å²) in [6, 6.07) is 3.72. The normalized spacial score (nSPS) is 16.6. The summed E-state index contributed by atoms with van der Waals surface area (Å²) in [4.78, 5) is 6.44. The highest BCUT2D eigenvalue weighted by atomic mass is 16.5. The summed E-state index contributed by atoms with van der Waals surface area (Å²) in [7, 11) is 0. The number of nitrogen functional groups attached to an aromatic ring is 1. The number of rotatable bonds is 3. The van der Waals surface area contributed by atoms with Crippen LogP contribution in [0.25, 0.3) is 0 Å². The molecule has 1 aromatic rings. The second-order valence-electron chi connectivity index (χ2n) is 4.39. The third-order valence-electron chi connectivity index (χ3n) is 3.17. The van der Waals surface area contributed by atoms with E-state index < -0.39 is 0 Å². The number of pyridine rings is 1. The molecule has 1 fully saturated rings. The van der Waals surface area contributed by atoms with Gasteiger partial charge in [-0.1, -0.05) is 0 Å². The van der Waals surface area contributed by atoms with Crippen molar-refractivity contribution in [3.63, 3.8) is 0 Å². The summed E-state index contributed by atoms with van der Waals surface area (Å²) >= 11 is 0. The lowest BCUT2D eigenvalue weighted by Crippen LogP contribution is -2.37. The first-order valence-corrected chi connectivity index (χ1v) is 6.26. The van der Waals surface area contributed by atoms with Gasteiger partial charge in [0, 0.05) is 25.9 Å². The molecule has 5 heteroatoms. The Labute approximate surface area is 107 Å². The van der Waals surface area contributed by atoms with Gasteiger partial charge in [-0.15, -0.1) is 0 Å². The minimum absolute atomic E-state index is 0.353. The number of hydrogen-bond donors (Lipinski definition) is 1. The zero-order valence-electron chi connectivity index (χ0n) is 10.6. The fraction of sp³-hybridized carbons (Fsp3) is 0.538. The highest BCUT2D eigenvalue weighted by Gasteiger charge is 2.21. The van der Waals surface area contributed by atoms with Crippen molar-refractivity contribution in [3.8, 4) is 6.07 Å². The number of nitrogens with zero attached hydrogens (tertiary/aromatic N) is 3. The molecule has 0 bridgehead atoms. The van der Waals surface area contributed by atoms with Gasteiger partial charge in [-0.05, 0) is 25.8 Å². The topological polar surface area (TPSA) is 75.2 Å². The molecule has 0 spiro atoms. The Hall–Kier alpha value is -1.80. The van der Waals surface area contributed by atoms with Crippen LogP contribution < -0.4 is 10.6 Å². The van der Waals surface area contributed by atoms with Crippen LogP contribution in [0.1, 0.15) is 25.3 Å². The van der Waals surface area contributed by atoms with Crippen LogP contribution in [0.5, 0.6) is 0 Å². The monoisotopic (exact) mass is 246 g/mol. The minimum Gasteiger partial charge on any atom is -0.396 e. The van der Waals surface area contributed by atoms with Gasteiger partial charge in [0.15, 0.2) is 5.82 Å². The van der Waals surface area contributed by atoms with Gasteiger partial charge in [0.2, 0.25) is 0 Å². The van der Waals surface area contributed by atoms with Crippen molar-refractivity contribution in [2.45, 2.75) is 25.9 Å². The third kappa shape index (κ3) is 2.71. The number of anilines is 2. The average Bonchev–Trinajstić information content (AvgIpc) is 2.40. The van der Waals surface area contributed by atoms with Gasteiger partial charge in [-0.3, -0.25) is 0 Å². The van der Waals surface area contributed by atoms with Crippen LogP contribution in [0.3, 0.4) is 0 Å². The molecule has 0 aromatic carbocycles. The first kappa shape index (κ1) is 12.7. The first-order chi connectivity index (χ1) is 8.74. The van der Waals surface area contributed by atoms with Crippen molar-refractivity contribution in [2.75, 3.05) is 30.3 Å².